The fourth-order valence-electron chi connectivity index (χ4n) is 3.34. The summed E-state index contributed by atoms with van der Waals surface area (Å²) < 4.78 is 7.28. The van der Waals surface area contributed by atoms with Crippen LogP contribution >= 0.6 is 11.6 Å². The molecule has 2 aliphatic rings. The van der Waals surface area contributed by atoms with Gasteiger partial charge in [-0.15, -0.1) is 0 Å². The second-order valence-corrected chi connectivity index (χ2v) is 7.05. The molecule has 0 radical (unpaired) electrons. The summed E-state index contributed by atoms with van der Waals surface area (Å²) in [7, 11) is 0. The molecule has 0 unspecified atom stereocenters. The van der Waals surface area contributed by atoms with E-state index in [9.17, 15) is 4.79 Å². The smallest absolute Gasteiger partial charge is 0.229 e. The van der Waals surface area contributed by atoms with Crippen molar-refractivity contribution in [2.45, 2.75) is 25.3 Å². The molecule has 1 aromatic carbocycles. The van der Waals surface area contributed by atoms with E-state index in [2.05, 4.69) is 10.4 Å². The summed E-state index contributed by atoms with van der Waals surface area (Å²) >= 11 is 5.92. The third-order valence-corrected chi connectivity index (χ3v) is 5.10. The second-order valence-electron chi connectivity index (χ2n) is 6.62. The van der Waals surface area contributed by atoms with Crippen LogP contribution in [0.25, 0.3) is 0 Å². The van der Waals surface area contributed by atoms with Crippen molar-refractivity contribution in [2.24, 2.45) is 11.8 Å². The maximum Gasteiger partial charge on any atom is 0.229 e. The zero-order chi connectivity index (χ0) is 16.5. The summed E-state index contributed by atoms with van der Waals surface area (Å²) in [6.45, 7) is 2.38. The minimum Gasteiger partial charge on any atom is -0.381 e. The Hall–Kier alpha value is -1.85. The Kier molecular flexibility index (Phi) is 4.29. The minimum absolute atomic E-state index is 0.0318. The first-order chi connectivity index (χ1) is 11.7. The van der Waals surface area contributed by atoms with Crippen LogP contribution in [0.5, 0.6) is 0 Å². The quantitative estimate of drug-likeness (QED) is 0.904. The molecule has 1 saturated heterocycles. The van der Waals surface area contributed by atoms with E-state index in [1.54, 1.807) is 6.20 Å². The van der Waals surface area contributed by atoms with E-state index >= 15 is 0 Å². The van der Waals surface area contributed by atoms with Gasteiger partial charge in [-0.1, -0.05) is 23.7 Å². The van der Waals surface area contributed by atoms with Gasteiger partial charge in [-0.2, -0.15) is 5.10 Å². The van der Waals surface area contributed by atoms with Crippen LogP contribution in [0, 0.1) is 11.8 Å². The summed E-state index contributed by atoms with van der Waals surface area (Å²) in [6, 6.07) is 9.62. The van der Waals surface area contributed by atoms with Crippen molar-refractivity contribution in [3.8, 4) is 0 Å². The number of hydrogen-bond acceptors (Lipinski definition) is 3. The minimum atomic E-state index is 0.0318. The van der Waals surface area contributed by atoms with Crippen LogP contribution in [0.4, 0.5) is 5.82 Å². The summed E-state index contributed by atoms with van der Waals surface area (Å²) in [5.41, 5.74) is 1.18. The lowest BCUT2D eigenvalue weighted by Crippen LogP contribution is -2.20. The molecule has 6 heteroatoms. The first kappa shape index (κ1) is 15.7. The molecule has 5 nitrogen and oxygen atoms in total. The van der Waals surface area contributed by atoms with Crippen LogP contribution in [0.1, 0.15) is 24.3 Å². The normalized spacial score (nSPS) is 25.6. The molecule has 24 heavy (non-hydrogen) atoms. The molecule has 0 spiro atoms. The van der Waals surface area contributed by atoms with E-state index < -0.39 is 0 Å². The van der Waals surface area contributed by atoms with Crippen molar-refractivity contribution in [1.82, 2.24) is 9.78 Å². The number of aromatic nitrogens is 2. The number of hydrogen-bond donors (Lipinski definition) is 1. The third kappa shape index (κ3) is 3.32. The van der Waals surface area contributed by atoms with Gasteiger partial charge in [0, 0.05) is 36.1 Å². The molecule has 2 fully saturated rings. The number of benzene rings is 1. The van der Waals surface area contributed by atoms with Crippen molar-refractivity contribution >= 4 is 23.3 Å². The summed E-state index contributed by atoms with van der Waals surface area (Å²) in [5.74, 6) is 1.64. The lowest BCUT2D eigenvalue weighted by atomic mass is 10.1. The topological polar surface area (TPSA) is 56.2 Å². The Morgan fingerprint density at radius 3 is 2.92 bits per heavy atom. The number of rotatable bonds is 5. The van der Waals surface area contributed by atoms with E-state index in [1.165, 1.54) is 5.56 Å². The van der Waals surface area contributed by atoms with Crippen molar-refractivity contribution < 1.29 is 9.53 Å². The lowest BCUT2D eigenvalue weighted by molar-refractivity contribution is -0.117. The fourth-order valence-corrected chi connectivity index (χ4v) is 3.46. The predicted octanol–water partition coefficient (Wildman–Crippen LogP) is 3.32. The number of anilines is 1. The SMILES string of the molecule is O=C(Nc1ccnn1C[C@@H]1CCOC1)[C@H]1C[C@H]1c1ccc(Cl)cc1. The summed E-state index contributed by atoms with van der Waals surface area (Å²) in [6.07, 6.45) is 3.67. The van der Waals surface area contributed by atoms with Crippen LogP contribution in [0.2, 0.25) is 5.02 Å². The number of carbonyl (C=O) groups excluding carboxylic acids is 1. The molecule has 1 aliphatic heterocycles. The van der Waals surface area contributed by atoms with Crippen LogP contribution in [-0.2, 0) is 16.1 Å². The number of amides is 1. The van der Waals surface area contributed by atoms with E-state index in [1.807, 2.05) is 35.0 Å². The highest BCUT2D eigenvalue weighted by molar-refractivity contribution is 6.30. The van der Waals surface area contributed by atoms with E-state index in [-0.39, 0.29) is 11.8 Å². The number of ether oxygens (including phenoxy) is 1. The van der Waals surface area contributed by atoms with Gasteiger partial charge in [0.15, 0.2) is 0 Å². The van der Waals surface area contributed by atoms with Crippen LogP contribution in [0.3, 0.4) is 0 Å². The Balaban J connectivity index is 1.37. The maximum absolute atomic E-state index is 12.5. The zero-order valence-electron chi connectivity index (χ0n) is 13.3. The van der Waals surface area contributed by atoms with Gasteiger partial charge in [0.1, 0.15) is 5.82 Å². The van der Waals surface area contributed by atoms with Gasteiger partial charge in [-0.25, -0.2) is 4.68 Å². The molecule has 126 valence electrons. The van der Waals surface area contributed by atoms with Gasteiger partial charge in [-0.05, 0) is 36.5 Å². The molecular weight excluding hydrogens is 326 g/mol. The van der Waals surface area contributed by atoms with Crippen LogP contribution in [-0.4, -0.2) is 28.9 Å². The number of nitrogens with one attached hydrogen (secondary N) is 1. The third-order valence-electron chi connectivity index (χ3n) is 4.85. The Bertz CT molecular complexity index is 722. The predicted molar refractivity (Wildman–Crippen MR) is 92.1 cm³/mol. The molecule has 2 aromatic rings. The zero-order valence-corrected chi connectivity index (χ0v) is 14.1. The average molecular weight is 346 g/mol. The molecule has 1 amide bonds. The Morgan fingerprint density at radius 1 is 1.33 bits per heavy atom. The highest BCUT2D eigenvalue weighted by atomic mass is 35.5. The van der Waals surface area contributed by atoms with Crippen molar-refractivity contribution in [3.63, 3.8) is 0 Å². The van der Waals surface area contributed by atoms with Crippen molar-refractivity contribution in [1.29, 1.82) is 0 Å². The molecule has 1 saturated carbocycles. The van der Waals surface area contributed by atoms with E-state index in [0.717, 1.165) is 43.4 Å². The fraction of sp³-hybridized carbons (Fsp3) is 0.444. The maximum atomic E-state index is 12.5. The molecule has 2 heterocycles. The summed E-state index contributed by atoms with van der Waals surface area (Å²) in [5, 5.41) is 8.09. The molecule has 1 aliphatic carbocycles. The van der Waals surface area contributed by atoms with Gasteiger partial charge in [0.05, 0.1) is 12.8 Å². The molecule has 3 atom stereocenters. The standard InChI is InChI=1S/C18H20ClN3O2/c19-14-3-1-13(2-4-14)15-9-16(15)18(23)21-17-5-7-20-22(17)10-12-6-8-24-11-12/h1-5,7,12,15-16H,6,8-11H2,(H,21,23)/t12-,15-,16-/m0/s1. The van der Waals surface area contributed by atoms with Crippen molar-refractivity contribution in [2.75, 3.05) is 18.5 Å². The van der Waals surface area contributed by atoms with Gasteiger partial charge in [0.2, 0.25) is 5.91 Å². The van der Waals surface area contributed by atoms with Gasteiger partial charge >= 0.3 is 0 Å². The monoisotopic (exact) mass is 345 g/mol. The first-order valence-electron chi connectivity index (χ1n) is 8.36. The first-order valence-corrected chi connectivity index (χ1v) is 8.74. The average Bonchev–Trinajstić information content (AvgIpc) is 2.99. The molecule has 1 aromatic heterocycles. The van der Waals surface area contributed by atoms with Gasteiger partial charge in [0.25, 0.3) is 0 Å². The number of carbonyl (C=O) groups is 1. The Labute approximate surface area is 145 Å². The highest BCUT2D eigenvalue weighted by Crippen LogP contribution is 2.48. The molecule has 1 N–H and O–H groups in total. The summed E-state index contributed by atoms with van der Waals surface area (Å²) in [4.78, 5) is 12.5. The van der Waals surface area contributed by atoms with Crippen LogP contribution in [0.15, 0.2) is 36.5 Å². The van der Waals surface area contributed by atoms with E-state index in [4.69, 9.17) is 16.3 Å². The van der Waals surface area contributed by atoms with E-state index in [0.29, 0.717) is 11.8 Å². The van der Waals surface area contributed by atoms with Crippen LogP contribution < -0.4 is 5.32 Å². The Morgan fingerprint density at radius 2 is 2.17 bits per heavy atom. The molecular formula is C18H20ClN3O2. The molecule has 0 bridgehead atoms. The number of nitrogens with zero attached hydrogens (tertiary/aromatic N) is 2. The number of halogens is 1. The van der Waals surface area contributed by atoms with Gasteiger partial charge in [-0.3, -0.25) is 4.79 Å². The largest absolute Gasteiger partial charge is 0.381 e. The highest BCUT2D eigenvalue weighted by Gasteiger charge is 2.44. The lowest BCUT2D eigenvalue weighted by Gasteiger charge is -2.12. The second kappa shape index (κ2) is 6.57. The molecule has 4 rings (SSSR count). The van der Waals surface area contributed by atoms with Gasteiger partial charge < -0.3 is 10.1 Å². The van der Waals surface area contributed by atoms with Crippen molar-refractivity contribution in [3.05, 3.63) is 47.1 Å².